The van der Waals surface area contributed by atoms with Crippen LogP contribution in [-0.4, -0.2) is 13.0 Å². The molecule has 0 aliphatic rings. The van der Waals surface area contributed by atoms with E-state index >= 15 is 0 Å². The van der Waals surface area contributed by atoms with Crippen molar-refractivity contribution in [3.63, 3.8) is 0 Å². The summed E-state index contributed by atoms with van der Waals surface area (Å²) in [5, 5.41) is 0. The molecule has 0 heterocycles. The Bertz CT molecular complexity index is 846. The van der Waals surface area contributed by atoms with Crippen LogP contribution in [0.3, 0.4) is 0 Å². The molecular formula is C25H36O4S. The Morgan fingerprint density at radius 1 is 0.700 bits per heavy atom. The highest BCUT2D eigenvalue weighted by Crippen LogP contribution is 2.31. The highest BCUT2D eigenvalue weighted by Gasteiger charge is 2.17. The Kier molecular flexibility index (Phi) is 11.0. The maximum atomic E-state index is 11.6. The molecule has 0 fully saturated rings. The van der Waals surface area contributed by atoms with Crippen LogP contribution in [0.5, 0.6) is 11.5 Å². The van der Waals surface area contributed by atoms with E-state index < -0.39 is 10.1 Å². The summed E-state index contributed by atoms with van der Waals surface area (Å²) in [4.78, 5) is -0.213. The van der Waals surface area contributed by atoms with Gasteiger partial charge in [-0.2, -0.15) is 8.42 Å². The van der Waals surface area contributed by atoms with Crippen molar-refractivity contribution in [3.05, 3.63) is 54.1 Å². The van der Waals surface area contributed by atoms with Gasteiger partial charge in [-0.1, -0.05) is 101 Å². The maximum Gasteiger partial charge on any atom is 0.298 e. The van der Waals surface area contributed by atoms with E-state index in [4.69, 9.17) is 4.74 Å². The van der Waals surface area contributed by atoms with E-state index in [1.807, 2.05) is 24.3 Å². The zero-order valence-electron chi connectivity index (χ0n) is 18.2. The van der Waals surface area contributed by atoms with Gasteiger partial charge < -0.3 is 4.74 Å². The smallest absolute Gasteiger partial charge is 0.298 e. The Morgan fingerprint density at radius 3 is 1.80 bits per heavy atom. The third-order valence-corrected chi connectivity index (χ3v) is 6.26. The SMILES string of the molecule is CCCCCCCCCCCCCc1ccccc1Oc1ccccc1S(=O)(=O)O. The Hall–Kier alpha value is -1.85. The molecule has 166 valence electrons. The van der Waals surface area contributed by atoms with E-state index in [0.717, 1.165) is 18.4 Å². The number of rotatable bonds is 15. The topological polar surface area (TPSA) is 63.6 Å². The first-order chi connectivity index (χ1) is 14.5. The minimum absolute atomic E-state index is 0.145. The molecule has 0 aromatic heterocycles. The molecule has 0 spiro atoms. The molecule has 0 atom stereocenters. The third-order valence-electron chi connectivity index (χ3n) is 5.37. The summed E-state index contributed by atoms with van der Waals surface area (Å²) >= 11 is 0. The Balaban J connectivity index is 1.76. The molecule has 0 saturated heterocycles. The van der Waals surface area contributed by atoms with Gasteiger partial charge in [0, 0.05) is 0 Å². The fourth-order valence-electron chi connectivity index (χ4n) is 3.66. The van der Waals surface area contributed by atoms with Crippen LogP contribution in [0, 0.1) is 0 Å². The summed E-state index contributed by atoms with van der Waals surface area (Å²) in [5.74, 6) is 0.784. The fraction of sp³-hybridized carbons (Fsp3) is 0.520. The third kappa shape index (κ3) is 8.88. The van der Waals surface area contributed by atoms with Crippen LogP contribution in [0.4, 0.5) is 0 Å². The lowest BCUT2D eigenvalue weighted by molar-refractivity contribution is 0.445. The number of para-hydroxylation sites is 2. The van der Waals surface area contributed by atoms with Gasteiger partial charge in [-0.3, -0.25) is 4.55 Å². The van der Waals surface area contributed by atoms with Gasteiger partial charge in [0.15, 0.2) is 0 Å². The fourth-order valence-corrected chi connectivity index (χ4v) is 4.27. The highest BCUT2D eigenvalue weighted by atomic mass is 32.2. The van der Waals surface area contributed by atoms with Crippen molar-refractivity contribution in [1.29, 1.82) is 0 Å². The lowest BCUT2D eigenvalue weighted by atomic mass is 10.0. The molecule has 0 amide bonds. The quantitative estimate of drug-likeness (QED) is 0.233. The van der Waals surface area contributed by atoms with Gasteiger partial charge in [-0.15, -0.1) is 0 Å². The number of benzene rings is 2. The van der Waals surface area contributed by atoms with Gasteiger partial charge in [0.2, 0.25) is 0 Å². The molecule has 0 aliphatic carbocycles. The second kappa shape index (κ2) is 13.5. The Morgan fingerprint density at radius 2 is 1.20 bits per heavy atom. The van der Waals surface area contributed by atoms with E-state index in [1.165, 1.54) is 70.3 Å². The number of hydrogen-bond donors (Lipinski definition) is 1. The molecule has 2 aromatic rings. The van der Waals surface area contributed by atoms with E-state index in [-0.39, 0.29) is 10.6 Å². The molecule has 0 unspecified atom stereocenters. The Labute approximate surface area is 182 Å². The van der Waals surface area contributed by atoms with Gasteiger partial charge >= 0.3 is 0 Å². The first-order valence-corrected chi connectivity index (χ1v) is 12.8. The van der Waals surface area contributed by atoms with Crippen molar-refractivity contribution in [2.45, 2.75) is 88.9 Å². The van der Waals surface area contributed by atoms with Gasteiger partial charge in [0.1, 0.15) is 16.4 Å². The molecule has 2 rings (SSSR count). The molecular weight excluding hydrogens is 396 g/mol. The van der Waals surface area contributed by atoms with Gasteiger partial charge in [-0.25, -0.2) is 0 Å². The largest absolute Gasteiger partial charge is 0.456 e. The summed E-state index contributed by atoms with van der Waals surface area (Å²) in [5.41, 5.74) is 1.05. The normalized spacial score (nSPS) is 11.5. The van der Waals surface area contributed by atoms with E-state index in [0.29, 0.717) is 5.75 Å². The predicted octanol–water partition coefficient (Wildman–Crippen LogP) is 7.58. The van der Waals surface area contributed by atoms with Crippen LogP contribution in [0.2, 0.25) is 0 Å². The lowest BCUT2D eigenvalue weighted by Crippen LogP contribution is -2.01. The average molecular weight is 433 g/mol. The van der Waals surface area contributed by atoms with Gasteiger partial charge in [-0.05, 0) is 36.6 Å². The van der Waals surface area contributed by atoms with Gasteiger partial charge in [0.25, 0.3) is 10.1 Å². The van der Waals surface area contributed by atoms with E-state index in [2.05, 4.69) is 6.92 Å². The van der Waals surface area contributed by atoms with Crippen LogP contribution in [-0.2, 0) is 16.5 Å². The van der Waals surface area contributed by atoms with Crippen LogP contribution in [0.25, 0.3) is 0 Å². The minimum Gasteiger partial charge on any atom is -0.456 e. The van der Waals surface area contributed by atoms with Crippen molar-refractivity contribution in [3.8, 4) is 11.5 Å². The lowest BCUT2D eigenvalue weighted by Gasteiger charge is -2.13. The number of hydrogen-bond acceptors (Lipinski definition) is 3. The molecule has 1 N–H and O–H groups in total. The zero-order chi connectivity index (χ0) is 21.7. The molecule has 0 saturated carbocycles. The maximum absolute atomic E-state index is 11.6. The summed E-state index contributed by atoms with van der Waals surface area (Å²) in [6.07, 6.45) is 15.2. The second-order valence-electron chi connectivity index (χ2n) is 7.92. The van der Waals surface area contributed by atoms with Crippen molar-refractivity contribution in [2.75, 3.05) is 0 Å². The van der Waals surface area contributed by atoms with Crippen molar-refractivity contribution < 1.29 is 17.7 Å². The monoisotopic (exact) mass is 432 g/mol. The molecule has 30 heavy (non-hydrogen) atoms. The highest BCUT2D eigenvalue weighted by molar-refractivity contribution is 7.86. The van der Waals surface area contributed by atoms with Crippen molar-refractivity contribution in [1.82, 2.24) is 0 Å². The van der Waals surface area contributed by atoms with Crippen molar-refractivity contribution >= 4 is 10.1 Å². The summed E-state index contributed by atoms with van der Waals surface area (Å²) < 4.78 is 38.5. The summed E-state index contributed by atoms with van der Waals surface area (Å²) in [6, 6.07) is 13.9. The van der Waals surface area contributed by atoms with Crippen LogP contribution in [0.1, 0.15) is 83.1 Å². The first kappa shape index (κ1) is 24.4. The summed E-state index contributed by atoms with van der Waals surface area (Å²) in [7, 11) is -4.33. The molecule has 4 nitrogen and oxygen atoms in total. The molecule has 0 radical (unpaired) electrons. The number of ether oxygens (including phenoxy) is 1. The predicted molar refractivity (Wildman–Crippen MR) is 123 cm³/mol. The molecule has 0 bridgehead atoms. The molecule has 5 heteroatoms. The zero-order valence-corrected chi connectivity index (χ0v) is 19.0. The standard InChI is InChI=1S/C25H36O4S/c1-2-3-4-5-6-7-8-9-10-11-12-17-22-18-13-14-19-23(22)29-24-20-15-16-21-25(24)30(26,27)28/h13-16,18-21H,2-12,17H2,1H3,(H,26,27,28). The number of unbranched alkanes of at least 4 members (excludes halogenated alkanes) is 10. The van der Waals surface area contributed by atoms with Gasteiger partial charge in [0.05, 0.1) is 0 Å². The second-order valence-corrected chi connectivity index (χ2v) is 9.31. The average Bonchev–Trinajstić information content (AvgIpc) is 2.73. The van der Waals surface area contributed by atoms with E-state index in [1.54, 1.807) is 18.2 Å². The molecule has 2 aromatic carbocycles. The summed E-state index contributed by atoms with van der Waals surface area (Å²) in [6.45, 7) is 2.25. The van der Waals surface area contributed by atoms with Crippen LogP contribution < -0.4 is 4.74 Å². The van der Waals surface area contributed by atoms with Crippen molar-refractivity contribution in [2.24, 2.45) is 0 Å². The minimum atomic E-state index is -4.33. The van der Waals surface area contributed by atoms with E-state index in [9.17, 15) is 13.0 Å². The van der Waals surface area contributed by atoms with Crippen LogP contribution in [0.15, 0.2) is 53.4 Å². The number of aryl methyl sites for hydroxylation is 1. The molecule has 0 aliphatic heterocycles. The van der Waals surface area contributed by atoms with Crippen LogP contribution >= 0.6 is 0 Å². The first-order valence-electron chi connectivity index (χ1n) is 11.3.